The predicted octanol–water partition coefficient (Wildman–Crippen LogP) is 1.32. The van der Waals surface area contributed by atoms with Crippen molar-refractivity contribution in [2.24, 2.45) is 0 Å². The molecule has 4 heteroatoms. The van der Waals surface area contributed by atoms with Crippen molar-refractivity contribution < 1.29 is 0 Å². The first-order valence-electron chi connectivity index (χ1n) is 4.61. The van der Waals surface area contributed by atoms with E-state index in [9.17, 15) is 4.79 Å². The van der Waals surface area contributed by atoms with Crippen LogP contribution in [0.5, 0.6) is 0 Å². The minimum Gasteiger partial charge on any atom is -0.315 e. The van der Waals surface area contributed by atoms with Crippen molar-refractivity contribution in [2.75, 3.05) is 6.54 Å². The van der Waals surface area contributed by atoms with E-state index in [-0.39, 0.29) is 12.1 Å². The first kappa shape index (κ1) is 9.41. The Bertz CT molecular complexity index is 580. The van der Waals surface area contributed by atoms with Crippen LogP contribution in [-0.2, 0) is 6.54 Å². The van der Waals surface area contributed by atoms with Crippen molar-refractivity contribution in [3.05, 3.63) is 52.2 Å². The molecule has 0 radical (unpaired) electrons. The van der Waals surface area contributed by atoms with Crippen LogP contribution in [0.2, 0.25) is 0 Å². The summed E-state index contributed by atoms with van der Waals surface area (Å²) in [6.45, 7) is 7.30. The van der Waals surface area contributed by atoms with Crippen LogP contribution in [-0.4, -0.2) is 16.3 Å². The summed E-state index contributed by atoms with van der Waals surface area (Å²) in [6, 6.07) is 7.31. The quantitative estimate of drug-likeness (QED) is 0.684. The maximum absolute atomic E-state index is 11.8. The molecule has 1 aromatic heterocycles. The van der Waals surface area contributed by atoms with Gasteiger partial charge in [-0.2, -0.15) is 5.10 Å². The Labute approximate surface area is 86.6 Å². The highest BCUT2D eigenvalue weighted by Gasteiger charge is 2.03. The number of benzene rings is 1. The highest BCUT2D eigenvalue weighted by Crippen LogP contribution is 2.05. The molecule has 0 saturated carbocycles. The molecule has 0 fully saturated rings. The average Bonchev–Trinajstić information content (AvgIpc) is 2.29. The smallest absolute Gasteiger partial charge is 0.274 e. The second-order valence-electron chi connectivity index (χ2n) is 3.14. The van der Waals surface area contributed by atoms with Crippen molar-refractivity contribution in [1.82, 2.24) is 9.78 Å². The van der Waals surface area contributed by atoms with E-state index in [1.54, 1.807) is 12.3 Å². The molecule has 0 atom stereocenters. The van der Waals surface area contributed by atoms with E-state index >= 15 is 0 Å². The average molecular weight is 199 g/mol. The fourth-order valence-corrected chi connectivity index (χ4v) is 1.43. The van der Waals surface area contributed by atoms with Gasteiger partial charge in [0.1, 0.15) is 6.54 Å². The molecule has 0 aliphatic rings. The van der Waals surface area contributed by atoms with Gasteiger partial charge in [0.15, 0.2) is 0 Å². The molecule has 0 spiro atoms. The highest BCUT2D eigenvalue weighted by molar-refractivity contribution is 5.80. The molecule has 0 aliphatic heterocycles. The van der Waals surface area contributed by atoms with Gasteiger partial charge in [0.05, 0.1) is 11.6 Å². The highest BCUT2D eigenvalue weighted by atomic mass is 16.1. The Balaban J connectivity index is 2.57. The van der Waals surface area contributed by atoms with Crippen molar-refractivity contribution in [3.63, 3.8) is 0 Å². The summed E-state index contributed by atoms with van der Waals surface area (Å²) in [7, 11) is 0. The van der Waals surface area contributed by atoms with Gasteiger partial charge in [-0.3, -0.25) is 4.79 Å². The van der Waals surface area contributed by atoms with Gasteiger partial charge in [-0.1, -0.05) is 18.2 Å². The van der Waals surface area contributed by atoms with Gasteiger partial charge in [-0.25, -0.2) is 11.3 Å². The van der Waals surface area contributed by atoms with Crippen LogP contribution in [0.25, 0.3) is 15.6 Å². The number of hydrogen-bond acceptors (Lipinski definition) is 2. The Morgan fingerprint density at radius 1 is 1.40 bits per heavy atom. The molecule has 2 rings (SSSR count). The molecular formula is C11H9N3O. The maximum atomic E-state index is 11.8. The summed E-state index contributed by atoms with van der Waals surface area (Å²) < 4.78 is 1.33. The molecule has 0 amide bonds. The minimum absolute atomic E-state index is 0.128. The molecule has 1 aromatic carbocycles. The molecule has 0 bridgehead atoms. The Morgan fingerprint density at radius 3 is 3.00 bits per heavy atom. The van der Waals surface area contributed by atoms with Crippen LogP contribution in [0.15, 0.2) is 35.3 Å². The van der Waals surface area contributed by atoms with Crippen LogP contribution in [0.3, 0.4) is 0 Å². The summed E-state index contributed by atoms with van der Waals surface area (Å²) in [5, 5.41) is 5.49. The minimum atomic E-state index is -0.128. The third-order valence-electron chi connectivity index (χ3n) is 2.19. The van der Waals surface area contributed by atoms with Crippen LogP contribution in [0.4, 0.5) is 0 Å². The molecule has 1 heterocycles. The number of hydrogen-bond donors (Lipinski definition) is 0. The number of rotatable bonds is 2. The van der Waals surface area contributed by atoms with Gasteiger partial charge in [-0.15, -0.1) is 0 Å². The van der Waals surface area contributed by atoms with E-state index in [4.69, 9.17) is 6.57 Å². The summed E-state index contributed by atoms with van der Waals surface area (Å²) in [6.07, 6.45) is 1.65. The molecule has 15 heavy (non-hydrogen) atoms. The van der Waals surface area contributed by atoms with Crippen molar-refractivity contribution >= 4 is 10.8 Å². The largest absolute Gasteiger partial charge is 0.315 e. The van der Waals surface area contributed by atoms with E-state index in [0.717, 1.165) is 5.39 Å². The van der Waals surface area contributed by atoms with E-state index < -0.39 is 0 Å². The molecule has 0 unspecified atom stereocenters. The molecular weight excluding hydrogens is 190 g/mol. The van der Waals surface area contributed by atoms with Gasteiger partial charge < -0.3 is 4.85 Å². The van der Waals surface area contributed by atoms with Crippen molar-refractivity contribution in [2.45, 2.75) is 6.54 Å². The normalized spacial score (nSPS) is 10.1. The standard InChI is InChI=1S/C11H9N3O/c1-12-6-7-14-11(15)10-5-3-2-4-9(10)8-13-14/h2-5,8H,6-7H2. The Hall–Kier alpha value is -2.15. The second-order valence-corrected chi connectivity index (χ2v) is 3.14. The monoisotopic (exact) mass is 199 g/mol. The molecule has 0 aliphatic carbocycles. The lowest BCUT2D eigenvalue weighted by molar-refractivity contribution is 0.613. The van der Waals surface area contributed by atoms with Gasteiger partial charge in [0.25, 0.3) is 5.56 Å². The number of nitrogens with zero attached hydrogens (tertiary/aromatic N) is 3. The molecule has 0 N–H and O–H groups in total. The summed E-state index contributed by atoms with van der Waals surface area (Å²) in [5.41, 5.74) is -0.128. The summed E-state index contributed by atoms with van der Waals surface area (Å²) in [4.78, 5) is 15.0. The lowest BCUT2D eigenvalue weighted by atomic mass is 10.2. The first-order chi connectivity index (χ1) is 7.33. The Morgan fingerprint density at radius 2 is 2.20 bits per heavy atom. The predicted molar refractivity (Wildman–Crippen MR) is 57.5 cm³/mol. The molecule has 4 nitrogen and oxygen atoms in total. The van der Waals surface area contributed by atoms with Crippen LogP contribution < -0.4 is 5.56 Å². The van der Waals surface area contributed by atoms with Crippen molar-refractivity contribution in [1.29, 1.82) is 0 Å². The van der Waals surface area contributed by atoms with E-state index in [1.165, 1.54) is 4.68 Å². The third-order valence-corrected chi connectivity index (χ3v) is 2.19. The zero-order valence-corrected chi connectivity index (χ0v) is 8.05. The third kappa shape index (κ3) is 1.72. The van der Waals surface area contributed by atoms with Crippen LogP contribution in [0, 0.1) is 6.57 Å². The van der Waals surface area contributed by atoms with Crippen molar-refractivity contribution in [3.8, 4) is 0 Å². The van der Waals surface area contributed by atoms with Gasteiger partial charge in [-0.05, 0) is 6.07 Å². The van der Waals surface area contributed by atoms with E-state index in [2.05, 4.69) is 9.94 Å². The summed E-state index contributed by atoms with van der Waals surface area (Å²) >= 11 is 0. The molecule has 0 saturated heterocycles. The molecule has 2 aromatic rings. The fraction of sp³-hybridized carbons (Fsp3) is 0.182. The zero-order valence-electron chi connectivity index (χ0n) is 8.05. The molecule has 74 valence electrons. The number of aromatic nitrogens is 2. The first-order valence-corrected chi connectivity index (χ1v) is 4.61. The van der Waals surface area contributed by atoms with Crippen LogP contribution in [0.1, 0.15) is 0 Å². The van der Waals surface area contributed by atoms with Gasteiger partial charge in [0, 0.05) is 5.39 Å². The topological polar surface area (TPSA) is 39.2 Å². The van der Waals surface area contributed by atoms with E-state index in [0.29, 0.717) is 11.9 Å². The SMILES string of the molecule is [C-]#[N+]CCn1ncc2ccccc2c1=O. The van der Waals surface area contributed by atoms with Crippen LogP contribution >= 0.6 is 0 Å². The lowest BCUT2D eigenvalue weighted by Crippen LogP contribution is -2.23. The second kappa shape index (κ2) is 3.93. The number of fused-ring (bicyclic) bond motifs is 1. The fourth-order valence-electron chi connectivity index (χ4n) is 1.43. The Kier molecular flexibility index (Phi) is 2.46. The zero-order chi connectivity index (χ0) is 10.7. The maximum Gasteiger partial charge on any atom is 0.274 e. The lowest BCUT2D eigenvalue weighted by Gasteiger charge is -2.01. The van der Waals surface area contributed by atoms with Gasteiger partial charge in [0.2, 0.25) is 6.54 Å². The van der Waals surface area contributed by atoms with Gasteiger partial charge >= 0.3 is 0 Å². The summed E-state index contributed by atoms with van der Waals surface area (Å²) in [5.74, 6) is 0. The van der Waals surface area contributed by atoms with E-state index in [1.807, 2.05) is 18.2 Å².